The first-order valence-electron chi connectivity index (χ1n) is 7.10. The first-order chi connectivity index (χ1) is 10.1. The van der Waals surface area contributed by atoms with Gasteiger partial charge in [0.1, 0.15) is 5.75 Å². The van der Waals surface area contributed by atoms with Crippen molar-refractivity contribution in [1.82, 2.24) is 9.88 Å². The third kappa shape index (κ3) is 4.03. The maximum atomic E-state index is 6.21. The summed E-state index contributed by atoms with van der Waals surface area (Å²) in [7, 11) is 3.76. The summed E-state index contributed by atoms with van der Waals surface area (Å²) in [5.74, 6) is 0.858. The van der Waals surface area contributed by atoms with E-state index in [1.54, 1.807) is 13.3 Å². The lowest BCUT2D eigenvalue weighted by Gasteiger charge is -2.31. The predicted octanol–water partition coefficient (Wildman–Crippen LogP) is 2.61. The van der Waals surface area contributed by atoms with Gasteiger partial charge in [0, 0.05) is 31.0 Å². The molecule has 2 aromatic rings. The quantitative estimate of drug-likeness (QED) is 0.886. The molecule has 4 nitrogen and oxygen atoms in total. The van der Waals surface area contributed by atoms with Crippen molar-refractivity contribution in [2.75, 3.05) is 14.2 Å². The monoisotopic (exact) mass is 285 g/mol. The Morgan fingerprint density at radius 1 is 1.24 bits per heavy atom. The number of hydrogen-bond acceptors (Lipinski definition) is 4. The normalized spacial score (nSPS) is 14.0. The number of pyridine rings is 1. The van der Waals surface area contributed by atoms with Crippen LogP contribution in [0.4, 0.5) is 0 Å². The minimum atomic E-state index is 0.0278. The fraction of sp³-hybridized carbons (Fsp3) is 0.353. The maximum absolute atomic E-state index is 6.21. The summed E-state index contributed by atoms with van der Waals surface area (Å²) in [5, 5.41) is 0. The number of likely N-dealkylation sites (N-methyl/N-ethyl adjacent to an activating group) is 1. The van der Waals surface area contributed by atoms with Gasteiger partial charge in [0.05, 0.1) is 7.11 Å². The van der Waals surface area contributed by atoms with E-state index in [1.807, 2.05) is 31.3 Å². The highest BCUT2D eigenvalue weighted by atomic mass is 16.5. The second-order valence-corrected chi connectivity index (χ2v) is 5.35. The molecule has 4 heteroatoms. The SMILES string of the molecule is COc1ccc(C(C(C)N)N(C)Cc2cccnc2)cc1. The molecule has 2 unspecified atom stereocenters. The lowest BCUT2D eigenvalue weighted by molar-refractivity contribution is 0.210. The minimum absolute atomic E-state index is 0.0278. The van der Waals surface area contributed by atoms with Crippen LogP contribution < -0.4 is 10.5 Å². The highest BCUT2D eigenvalue weighted by Gasteiger charge is 2.21. The summed E-state index contributed by atoms with van der Waals surface area (Å²) in [6.07, 6.45) is 3.68. The van der Waals surface area contributed by atoms with Gasteiger partial charge in [0.25, 0.3) is 0 Å². The van der Waals surface area contributed by atoms with Gasteiger partial charge in [-0.1, -0.05) is 18.2 Å². The molecule has 0 saturated carbocycles. The molecule has 2 atom stereocenters. The van der Waals surface area contributed by atoms with Crippen molar-refractivity contribution in [2.45, 2.75) is 25.6 Å². The zero-order valence-corrected chi connectivity index (χ0v) is 12.9. The molecule has 21 heavy (non-hydrogen) atoms. The number of hydrogen-bond donors (Lipinski definition) is 1. The van der Waals surface area contributed by atoms with E-state index in [0.717, 1.165) is 12.3 Å². The van der Waals surface area contributed by atoms with Gasteiger partial charge in [-0.3, -0.25) is 9.88 Å². The third-order valence-corrected chi connectivity index (χ3v) is 3.58. The van der Waals surface area contributed by atoms with Crippen molar-refractivity contribution in [1.29, 1.82) is 0 Å². The summed E-state index contributed by atoms with van der Waals surface area (Å²) in [6, 6.07) is 12.3. The van der Waals surface area contributed by atoms with E-state index in [4.69, 9.17) is 10.5 Å². The van der Waals surface area contributed by atoms with E-state index < -0.39 is 0 Å². The van der Waals surface area contributed by atoms with Crippen molar-refractivity contribution in [3.05, 3.63) is 59.9 Å². The van der Waals surface area contributed by atoms with Gasteiger partial charge < -0.3 is 10.5 Å². The molecule has 0 aliphatic heterocycles. The van der Waals surface area contributed by atoms with E-state index in [0.29, 0.717) is 0 Å². The predicted molar refractivity (Wildman–Crippen MR) is 85.1 cm³/mol. The molecular formula is C17H23N3O. The van der Waals surface area contributed by atoms with Gasteiger partial charge in [0.15, 0.2) is 0 Å². The van der Waals surface area contributed by atoms with Crippen LogP contribution >= 0.6 is 0 Å². The molecular weight excluding hydrogens is 262 g/mol. The Morgan fingerprint density at radius 3 is 2.48 bits per heavy atom. The van der Waals surface area contributed by atoms with Crippen LogP contribution in [0.3, 0.4) is 0 Å². The van der Waals surface area contributed by atoms with E-state index >= 15 is 0 Å². The zero-order valence-electron chi connectivity index (χ0n) is 12.9. The van der Waals surface area contributed by atoms with Crippen LogP contribution in [0.5, 0.6) is 5.75 Å². The molecule has 0 fully saturated rings. The van der Waals surface area contributed by atoms with Crippen molar-refractivity contribution < 1.29 is 4.74 Å². The number of methoxy groups -OCH3 is 1. The highest BCUT2D eigenvalue weighted by Crippen LogP contribution is 2.25. The highest BCUT2D eigenvalue weighted by molar-refractivity contribution is 5.30. The number of aromatic nitrogens is 1. The summed E-state index contributed by atoms with van der Waals surface area (Å²) < 4.78 is 5.21. The van der Waals surface area contributed by atoms with Gasteiger partial charge in [0.2, 0.25) is 0 Å². The molecule has 1 aromatic heterocycles. The summed E-state index contributed by atoms with van der Waals surface area (Å²) in [6.45, 7) is 2.85. The fourth-order valence-corrected chi connectivity index (χ4v) is 2.64. The van der Waals surface area contributed by atoms with Crippen molar-refractivity contribution in [3.63, 3.8) is 0 Å². The third-order valence-electron chi connectivity index (χ3n) is 3.58. The molecule has 1 heterocycles. The number of benzene rings is 1. The van der Waals surface area contributed by atoms with Crippen LogP contribution in [0.1, 0.15) is 24.1 Å². The Labute approximate surface area is 126 Å². The summed E-state index contributed by atoms with van der Waals surface area (Å²) >= 11 is 0. The Hall–Kier alpha value is -1.91. The molecule has 112 valence electrons. The van der Waals surface area contributed by atoms with E-state index in [2.05, 4.69) is 35.1 Å². The zero-order chi connectivity index (χ0) is 15.2. The van der Waals surface area contributed by atoms with Crippen molar-refractivity contribution >= 4 is 0 Å². The van der Waals surface area contributed by atoms with Crippen LogP contribution in [0.15, 0.2) is 48.8 Å². The number of rotatable bonds is 6. The Morgan fingerprint density at radius 2 is 1.95 bits per heavy atom. The lowest BCUT2D eigenvalue weighted by Crippen LogP contribution is -2.36. The smallest absolute Gasteiger partial charge is 0.118 e. The molecule has 0 radical (unpaired) electrons. The number of nitrogens with two attached hydrogens (primary N) is 1. The molecule has 0 amide bonds. The molecule has 2 N–H and O–H groups in total. The second kappa shape index (κ2) is 7.20. The molecule has 1 aromatic carbocycles. The molecule has 0 aliphatic rings. The Balaban J connectivity index is 2.17. The second-order valence-electron chi connectivity index (χ2n) is 5.35. The first kappa shape index (κ1) is 15.5. The average molecular weight is 285 g/mol. The van der Waals surface area contributed by atoms with Gasteiger partial charge in [-0.15, -0.1) is 0 Å². The van der Waals surface area contributed by atoms with Crippen molar-refractivity contribution in [2.24, 2.45) is 5.73 Å². The van der Waals surface area contributed by atoms with Crippen molar-refractivity contribution in [3.8, 4) is 5.75 Å². The van der Waals surface area contributed by atoms with Crippen LogP contribution in [-0.2, 0) is 6.54 Å². The average Bonchev–Trinajstić information content (AvgIpc) is 2.49. The van der Waals surface area contributed by atoms with Crippen LogP contribution in [0.2, 0.25) is 0 Å². The summed E-state index contributed by atoms with van der Waals surface area (Å²) in [5.41, 5.74) is 8.58. The standard InChI is InChI=1S/C17H23N3O/c1-13(18)17(15-6-8-16(21-3)9-7-15)20(2)12-14-5-4-10-19-11-14/h4-11,13,17H,12,18H2,1-3H3. The molecule has 0 saturated heterocycles. The Bertz CT molecular complexity index is 540. The largest absolute Gasteiger partial charge is 0.497 e. The lowest BCUT2D eigenvalue weighted by atomic mass is 9.99. The number of ether oxygens (including phenoxy) is 1. The fourth-order valence-electron chi connectivity index (χ4n) is 2.64. The first-order valence-corrected chi connectivity index (χ1v) is 7.10. The molecule has 0 bridgehead atoms. The maximum Gasteiger partial charge on any atom is 0.118 e. The van der Waals surface area contributed by atoms with Gasteiger partial charge in [-0.25, -0.2) is 0 Å². The van der Waals surface area contributed by atoms with E-state index in [9.17, 15) is 0 Å². The minimum Gasteiger partial charge on any atom is -0.497 e. The van der Waals surface area contributed by atoms with E-state index in [1.165, 1.54) is 11.1 Å². The Kier molecular flexibility index (Phi) is 5.31. The summed E-state index contributed by atoms with van der Waals surface area (Å²) in [4.78, 5) is 6.42. The topological polar surface area (TPSA) is 51.4 Å². The number of nitrogens with zero attached hydrogens (tertiary/aromatic N) is 2. The van der Waals surface area contributed by atoms with E-state index in [-0.39, 0.29) is 12.1 Å². The van der Waals surface area contributed by atoms with Gasteiger partial charge >= 0.3 is 0 Å². The van der Waals surface area contributed by atoms with Gasteiger partial charge in [-0.05, 0) is 43.3 Å². The van der Waals surface area contributed by atoms with Crippen LogP contribution in [-0.4, -0.2) is 30.1 Å². The molecule has 2 rings (SSSR count). The van der Waals surface area contributed by atoms with Gasteiger partial charge in [-0.2, -0.15) is 0 Å². The molecule has 0 aliphatic carbocycles. The van der Waals surface area contributed by atoms with Crippen LogP contribution in [0.25, 0.3) is 0 Å². The van der Waals surface area contributed by atoms with Crippen LogP contribution in [0, 0.1) is 0 Å². The molecule has 0 spiro atoms.